The first-order valence-corrected chi connectivity index (χ1v) is 6.43. The van der Waals surface area contributed by atoms with Gasteiger partial charge in [0.05, 0.1) is 16.4 Å². The highest BCUT2D eigenvalue weighted by atomic mass is 35.5. The molecule has 0 amide bonds. The van der Waals surface area contributed by atoms with Crippen molar-refractivity contribution >= 4 is 34.6 Å². The van der Waals surface area contributed by atoms with E-state index in [4.69, 9.17) is 28.9 Å². The van der Waals surface area contributed by atoms with Gasteiger partial charge in [-0.05, 0) is 23.8 Å². The van der Waals surface area contributed by atoms with E-state index in [0.29, 0.717) is 22.9 Å². The largest absolute Gasteiger partial charge is 0.397 e. The summed E-state index contributed by atoms with van der Waals surface area (Å²) in [6, 6.07) is 10.3. The zero-order valence-corrected chi connectivity index (χ0v) is 11.8. The third-order valence-electron chi connectivity index (χ3n) is 2.79. The Balaban J connectivity index is 2.25. The molecule has 0 aromatic heterocycles. The molecule has 0 aliphatic carbocycles. The lowest BCUT2D eigenvalue weighted by Gasteiger charge is -2.21. The third kappa shape index (κ3) is 3.31. The number of anilines is 2. The molecule has 0 saturated heterocycles. The van der Waals surface area contributed by atoms with Crippen molar-refractivity contribution in [2.24, 2.45) is 0 Å². The highest BCUT2D eigenvalue weighted by Crippen LogP contribution is 2.29. The maximum absolute atomic E-state index is 13.3. The van der Waals surface area contributed by atoms with Gasteiger partial charge in [0, 0.05) is 24.7 Å². The molecule has 2 nitrogen and oxygen atoms in total. The lowest BCUT2D eigenvalue weighted by Crippen LogP contribution is -2.18. The first kappa shape index (κ1) is 14.0. The summed E-state index contributed by atoms with van der Waals surface area (Å²) in [4.78, 5) is 1.90. The number of rotatable bonds is 3. The van der Waals surface area contributed by atoms with Crippen LogP contribution in [0, 0.1) is 5.82 Å². The predicted octanol–water partition coefficient (Wildman–Crippen LogP) is 4.35. The quantitative estimate of drug-likeness (QED) is 0.854. The van der Waals surface area contributed by atoms with Gasteiger partial charge in [0.1, 0.15) is 5.82 Å². The summed E-state index contributed by atoms with van der Waals surface area (Å²) >= 11 is 11.7. The van der Waals surface area contributed by atoms with Crippen molar-refractivity contribution in [3.8, 4) is 0 Å². The molecule has 2 aromatic carbocycles. The van der Waals surface area contributed by atoms with Crippen LogP contribution in [0.3, 0.4) is 0 Å². The number of nitrogen functional groups attached to an aromatic ring is 1. The molecule has 0 unspecified atom stereocenters. The minimum Gasteiger partial charge on any atom is -0.397 e. The molecule has 0 saturated carbocycles. The van der Waals surface area contributed by atoms with Crippen LogP contribution in [0.15, 0.2) is 36.4 Å². The van der Waals surface area contributed by atoms with Gasteiger partial charge in [-0.15, -0.1) is 0 Å². The first-order chi connectivity index (χ1) is 8.97. The average molecular weight is 299 g/mol. The highest BCUT2D eigenvalue weighted by molar-refractivity contribution is 6.31. The number of benzene rings is 2. The fourth-order valence-electron chi connectivity index (χ4n) is 1.88. The molecular weight excluding hydrogens is 286 g/mol. The minimum atomic E-state index is -0.515. The Bertz CT molecular complexity index is 602. The topological polar surface area (TPSA) is 29.3 Å². The second-order valence-corrected chi connectivity index (χ2v) is 5.15. The van der Waals surface area contributed by atoms with E-state index < -0.39 is 5.82 Å². The Hall–Kier alpha value is -1.45. The Morgan fingerprint density at radius 1 is 1.21 bits per heavy atom. The molecule has 0 atom stereocenters. The Labute approximate surface area is 121 Å². The van der Waals surface area contributed by atoms with Gasteiger partial charge >= 0.3 is 0 Å². The standard InChI is InChI=1S/C14H13Cl2FN2/c1-19(8-9-3-2-4-10(15)5-9)14-6-11(16)12(17)7-13(14)18/h2-7H,8,18H2,1H3. The van der Waals surface area contributed by atoms with Crippen molar-refractivity contribution in [2.45, 2.75) is 6.54 Å². The molecule has 0 bridgehead atoms. The first-order valence-electron chi connectivity index (χ1n) is 5.67. The molecule has 0 spiro atoms. The van der Waals surface area contributed by atoms with E-state index in [1.165, 1.54) is 12.1 Å². The van der Waals surface area contributed by atoms with E-state index >= 15 is 0 Å². The average Bonchev–Trinajstić information content (AvgIpc) is 2.33. The molecule has 0 fully saturated rings. The van der Waals surface area contributed by atoms with Crippen LogP contribution in [0.25, 0.3) is 0 Å². The zero-order valence-electron chi connectivity index (χ0n) is 10.3. The van der Waals surface area contributed by atoms with Crippen molar-refractivity contribution < 1.29 is 4.39 Å². The summed E-state index contributed by atoms with van der Waals surface area (Å²) in [5.74, 6) is -0.515. The SMILES string of the molecule is CN(Cc1cccc(Cl)c1)c1cc(Cl)c(F)cc1N. The van der Waals surface area contributed by atoms with E-state index in [9.17, 15) is 4.39 Å². The molecule has 0 radical (unpaired) electrons. The molecule has 2 aromatic rings. The van der Waals surface area contributed by atoms with Crippen LogP contribution >= 0.6 is 23.2 Å². The van der Waals surface area contributed by atoms with Gasteiger partial charge in [0.2, 0.25) is 0 Å². The lowest BCUT2D eigenvalue weighted by atomic mass is 10.2. The predicted molar refractivity (Wildman–Crippen MR) is 79.4 cm³/mol. The molecule has 2 N–H and O–H groups in total. The number of nitrogens with zero attached hydrogens (tertiary/aromatic N) is 1. The van der Waals surface area contributed by atoms with Crippen LogP contribution in [-0.2, 0) is 6.54 Å². The van der Waals surface area contributed by atoms with Crippen molar-refractivity contribution in [1.29, 1.82) is 0 Å². The maximum atomic E-state index is 13.3. The van der Waals surface area contributed by atoms with E-state index in [2.05, 4.69) is 0 Å². The van der Waals surface area contributed by atoms with E-state index in [0.717, 1.165) is 5.56 Å². The summed E-state index contributed by atoms with van der Waals surface area (Å²) in [5.41, 5.74) is 7.88. The van der Waals surface area contributed by atoms with E-state index in [1.807, 2.05) is 36.2 Å². The monoisotopic (exact) mass is 298 g/mol. The number of hydrogen-bond acceptors (Lipinski definition) is 2. The van der Waals surface area contributed by atoms with Gasteiger partial charge in [0.25, 0.3) is 0 Å². The third-order valence-corrected chi connectivity index (χ3v) is 3.31. The number of halogens is 3. The van der Waals surface area contributed by atoms with Crippen LogP contribution in [0.1, 0.15) is 5.56 Å². The van der Waals surface area contributed by atoms with Crippen LogP contribution in [0.4, 0.5) is 15.8 Å². The van der Waals surface area contributed by atoms with Crippen LogP contribution in [0.5, 0.6) is 0 Å². The molecule has 5 heteroatoms. The fraction of sp³-hybridized carbons (Fsp3) is 0.143. The van der Waals surface area contributed by atoms with Crippen LogP contribution < -0.4 is 10.6 Å². The summed E-state index contributed by atoms with van der Waals surface area (Å²) in [6.45, 7) is 0.604. The van der Waals surface area contributed by atoms with Gasteiger partial charge in [-0.1, -0.05) is 35.3 Å². The van der Waals surface area contributed by atoms with Crippen molar-refractivity contribution in [1.82, 2.24) is 0 Å². The van der Waals surface area contributed by atoms with Gasteiger partial charge in [0.15, 0.2) is 0 Å². The summed E-state index contributed by atoms with van der Waals surface area (Å²) in [6.07, 6.45) is 0. The zero-order chi connectivity index (χ0) is 14.0. The van der Waals surface area contributed by atoms with Crippen molar-refractivity contribution in [2.75, 3.05) is 17.7 Å². The molecule has 0 heterocycles. The lowest BCUT2D eigenvalue weighted by molar-refractivity contribution is 0.628. The van der Waals surface area contributed by atoms with Gasteiger partial charge in [-0.25, -0.2) is 4.39 Å². The number of nitrogens with two attached hydrogens (primary N) is 1. The fourth-order valence-corrected chi connectivity index (χ4v) is 2.25. The minimum absolute atomic E-state index is 0.0575. The van der Waals surface area contributed by atoms with Crippen molar-refractivity contribution in [3.63, 3.8) is 0 Å². The Morgan fingerprint density at radius 3 is 2.63 bits per heavy atom. The molecule has 0 aliphatic heterocycles. The molecule has 2 rings (SSSR count). The van der Waals surface area contributed by atoms with E-state index in [-0.39, 0.29) is 5.02 Å². The normalized spacial score (nSPS) is 10.5. The number of hydrogen-bond donors (Lipinski definition) is 1. The molecule has 100 valence electrons. The molecule has 0 aliphatic rings. The van der Waals surface area contributed by atoms with Crippen LogP contribution in [-0.4, -0.2) is 7.05 Å². The van der Waals surface area contributed by atoms with Gasteiger partial charge in [-0.3, -0.25) is 0 Å². The second-order valence-electron chi connectivity index (χ2n) is 4.31. The highest BCUT2D eigenvalue weighted by Gasteiger charge is 2.10. The Kier molecular flexibility index (Phi) is 4.17. The maximum Gasteiger partial charge on any atom is 0.143 e. The molecular formula is C14H13Cl2FN2. The summed E-state index contributed by atoms with van der Waals surface area (Å²) in [7, 11) is 1.86. The van der Waals surface area contributed by atoms with Crippen LogP contribution in [0.2, 0.25) is 10.0 Å². The summed E-state index contributed by atoms with van der Waals surface area (Å²) < 4.78 is 13.3. The van der Waals surface area contributed by atoms with E-state index in [1.54, 1.807) is 0 Å². The summed E-state index contributed by atoms with van der Waals surface area (Å²) in [5, 5.41) is 0.734. The van der Waals surface area contributed by atoms with Crippen molar-refractivity contribution in [3.05, 3.63) is 57.8 Å². The molecule has 19 heavy (non-hydrogen) atoms. The van der Waals surface area contributed by atoms with Gasteiger partial charge < -0.3 is 10.6 Å². The second kappa shape index (κ2) is 5.68. The van der Waals surface area contributed by atoms with Gasteiger partial charge in [-0.2, -0.15) is 0 Å². The Morgan fingerprint density at radius 2 is 1.95 bits per heavy atom. The smallest absolute Gasteiger partial charge is 0.143 e.